The van der Waals surface area contributed by atoms with Gasteiger partial charge in [0.1, 0.15) is 17.2 Å². The standard InChI is InChI=1S/C24H27N7O2/c1-15-6-9-31-22-17(4-2-3-10-33-11-7-19(32)29-15)13-27-23(25)20(22)21(30-31)18-12-16-5-8-26-24(16)28-14-18/h2,4-5,8,12-15H,3,6-7,9-11H2,1H3,(H2,25,27)(H,26,28)(H,29,32)/b4-2+/t15-/m1/s1. The highest BCUT2D eigenvalue weighted by atomic mass is 16.5. The molecule has 4 aromatic rings. The number of hydrogen-bond donors (Lipinski definition) is 3. The number of hydrogen-bond acceptors (Lipinski definition) is 6. The van der Waals surface area contributed by atoms with E-state index in [-0.39, 0.29) is 11.9 Å². The largest absolute Gasteiger partial charge is 0.383 e. The number of aryl methyl sites for hydroxylation is 1. The summed E-state index contributed by atoms with van der Waals surface area (Å²) in [6.07, 6.45) is 11.4. The molecule has 0 saturated heterocycles. The smallest absolute Gasteiger partial charge is 0.222 e. The van der Waals surface area contributed by atoms with Crippen molar-refractivity contribution in [2.45, 2.75) is 38.8 Å². The molecule has 1 aliphatic rings. The van der Waals surface area contributed by atoms with Gasteiger partial charge < -0.3 is 20.8 Å². The molecule has 0 radical (unpaired) electrons. The molecule has 4 N–H and O–H groups in total. The fourth-order valence-corrected chi connectivity index (χ4v) is 4.18. The number of nitrogens with two attached hydrogens (primary N) is 1. The third-order valence-electron chi connectivity index (χ3n) is 5.88. The summed E-state index contributed by atoms with van der Waals surface area (Å²) >= 11 is 0. The zero-order chi connectivity index (χ0) is 22.8. The molecule has 4 aromatic heterocycles. The molecule has 0 fully saturated rings. The van der Waals surface area contributed by atoms with Crippen LogP contribution >= 0.6 is 0 Å². The van der Waals surface area contributed by atoms with E-state index in [1.165, 1.54) is 0 Å². The fourth-order valence-electron chi connectivity index (χ4n) is 4.18. The first-order chi connectivity index (χ1) is 16.1. The van der Waals surface area contributed by atoms with Crippen LogP contribution in [0.2, 0.25) is 0 Å². The van der Waals surface area contributed by atoms with E-state index in [0.717, 1.165) is 51.6 Å². The molecule has 0 aromatic carbocycles. The predicted octanol–water partition coefficient (Wildman–Crippen LogP) is 3.28. The molecule has 33 heavy (non-hydrogen) atoms. The molecule has 0 saturated carbocycles. The molecule has 0 spiro atoms. The molecule has 9 nitrogen and oxygen atoms in total. The van der Waals surface area contributed by atoms with Crippen molar-refractivity contribution in [2.24, 2.45) is 0 Å². The first-order valence-corrected chi connectivity index (χ1v) is 11.2. The third-order valence-corrected chi connectivity index (χ3v) is 5.88. The Morgan fingerprint density at radius 2 is 2.15 bits per heavy atom. The van der Waals surface area contributed by atoms with Crippen LogP contribution in [0.25, 0.3) is 39.3 Å². The molecule has 1 amide bonds. The van der Waals surface area contributed by atoms with E-state index in [1.807, 2.05) is 29.9 Å². The van der Waals surface area contributed by atoms with Crippen LogP contribution in [0, 0.1) is 0 Å². The van der Waals surface area contributed by atoms with Crippen molar-refractivity contribution < 1.29 is 9.53 Å². The first kappa shape index (κ1) is 21.1. The van der Waals surface area contributed by atoms with E-state index < -0.39 is 0 Å². The molecule has 5 rings (SSSR count). The molecule has 0 aliphatic carbocycles. The van der Waals surface area contributed by atoms with Crippen LogP contribution < -0.4 is 11.1 Å². The number of nitrogen functional groups attached to an aromatic ring is 1. The number of H-pyrrole nitrogens is 1. The molecule has 1 atom stereocenters. The lowest BCUT2D eigenvalue weighted by Gasteiger charge is -2.14. The zero-order valence-electron chi connectivity index (χ0n) is 18.5. The van der Waals surface area contributed by atoms with Gasteiger partial charge in [0, 0.05) is 54.1 Å². The number of rotatable bonds is 1. The number of nitrogens with one attached hydrogen (secondary N) is 2. The maximum atomic E-state index is 12.2. The van der Waals surface area contributed by atoms with Crippen molar-refractivity contribution >= 4 is 39.7 Å². The highest BCUT2D eigenvalue weighted by Gasteiger charge is 2.20. The summed E-state index contributed by atoms with van der Waals surface area (Å²) in [5.74, 6) is 0.430. The molecule has 0 unspecified atom stereocenters. The van der Waals surface area contributed by atoms with Crippen molar-refractivity contribution in [3.05, 3.63) is 42.4 Å². The van der Waals surface area contributed by atoms with E-state index in [1.54, 1.807) is 12.4 Å². The number of pyridine rings is 2. The molecule has 1 aliphatic heterocycles. The van der Waals surface area contributed by atoms with Gasteiger partial charge in [-0.2, -0.15) is 5.10 Å². The van der Waals surface area contributed by atoms with Crippen LogP contribution in [-0.4, -0.2) is 49.9 Å². The van der Waals surface area contributed by atoms with E-state index in [4.69, 9.17) is 15.6 Å². The molecular formula is C24H27N7O2. The first-order valence-electron chi connectivity index (χ1n) is 11.2. The normalized spacial score (nSPS) is 19.2. The van der Waals surface area contributed by atoms with Gasteiger partial charge in [-0.05, 0) is 31.9 Å². The average Bonchev–Trinajstić information content (AvgIpc) is 3.42. The van der Waals surface area contributed by atoms with E-state index in [9.17, 15) is 4.79 Å². The lowest BCUT2D eigenvalue weighted by atomic mass is 10.1. The Bertz CT molecular complexity index is 1340. The minimum Gasteiger partial charge on any atom is -0.383 e. The molecule has 5 heterocycles. The van der Waals surface area contributed by atoms with Gasteiger partial charge >= 0.3 is 0 Å². The van der Waals surface area contributed by atoms with Gasteiger partial charge in [-0.25, -0.2) is 9.97 Å². The van der Waals surface area contributed by atoms with Crippen LogP contribution in [0.15, 0.2) is 36.8 Å². The van der Waals surface area contributed by atoms with Crippen molar-refractivity contribution in [2.75, 3.05) is 18.9 Å². The SMILES string of the molecule is C[C@@H]1CCn2nc(-c3cnc4[nH]ccc4c3)c3c(N)ncc(c32)/C=C/CCOCCC(=O)N1. The van der Waals surface area contributed by atoms with Gasteiger partial charge in [-0.3, -0.25) is 9.48 Å². The highest BCUT2D eigenvalue weighted by molar-refractivity contribution is 6.04. The number of aromatic nitrogens is 5. The summed E-state index contributed by atoms with van der Waals surface area (Å²) in [4.78, 5) is 24.3. The minimum absolute atomic E-state index is 0.000982. The Balaban J connectivity index is 1.63. The molecule has 170 valence electrons. The van der Waals surface area contributed by atoms with Gasteiger partial charge in [0.15, 0.2) is 0 Å². The number of amides is 1. The second-order valence-electron chi connectivity index (χ2n) is 8.34. The van der Waals surface area contributed by atoms with Gasteiger partial charge in [0.2, 0.25) is 5.91 Å². The lowest BCUT2D eigenvalue weighted by Crippen LogP contribution is -2.34. The highest BCUT2D eigenvalue weighted by Crippen LogP contribution is 2.34. The van der Waals surface area contributed by atoms with Gasteiger partial charge in [-0.1, -0.05) is 12.2 Å². The van der Waals surface area contributed by atoms with Crippen molar-refractivity contribution in [1.29, 1.82) is 0 Å². The number of carbonyl (C=O) groups excluding carboxylic acids is 1. The topological polar surface area (TPSA) is 124 Å². The Morgan fingerprint density at radius 3 is 3.06 bits per heavy atom. The van der Waals surface area contributed by atoms with Gasteiger partial charge in [-0.15, -0.1) is 0 Å². The second-order valence-corrected chi connectivity index (χ2v) is 8.34. The van der Waals surface area contributed by atoms with Crippen molar-refractivity contribution in [3.63, 3.8) is 0 Å². The molecular weight excluding hydrogens is 418 g/mol. The number of ether oxygens (including phenoxy) is 1. The minimum atomic E-state index is -0.000982. The molecule has 0 bridgehead atoms. The Kier molecular flexibility index (Phi) is 5.78. The van der Waals surface area contributed by atoms with Crippen LogP contribution in [0.3, 0.4) is 0 Å². The van der Waals surface area contributed by atoms with Gasteiger partial charge in [0.05, 0.1) is 24.1 Å². The summed E-state index contributed by atoms with van der Waals surface area (Å²) in [7, 11) is 0. The summed E-state index contributed by atoms with van der Waals surface area (Å²) in [6, 6.07) is 4.04. The predicted molar refractivity (Wildman–Crippen MR) is 128 cm³/mol. The average molecular weight is 446 g/mol. The number of anilines is 1. The Morgan fingerprint density at radius 1 is 1.24 bits per heavy atom. The Labute approximate surface area is 191 Å². The third kappa shape index (κ3) is 4.31. The van der Waals surface area contributed by atoms with E-state index in [2.05, 4.69) is 32.4 Å². The van der Waals surface area contributed by atoms with Crippen LogP contribution in [0.5, 0.6) is 0 Å². The second kappa shape index (κ2) is 9.03. The number of nitrogens with zero attached hydrogens (tertiary/aromatic N) is 4. The van der Waals surface area contributed by atoms with Crippen molar-refractivity contribution in [3.8, 4) is 11.3 Å². The van der Waals surface area contributed by atoms with E-state index >= 15 is 0 Å². The number of aromatic amines is 1. The maximum absolute atomic E-state index is 12.2. The summed E-state index contributed by atoms with van der Waals surface area (Å²) in [5, 5.41) is 9.82. The summed E-state index contributed by atoms with van der Waals surface area (Å²) in [6.45, 7) is 3.60. The molecule has 9 heteroatoms. The van der Waals surface area contributed by atoms with E-state index in [0.29, 0.717) is 32.0 Å². The van der Waals surface area contributed by atoms with Crippen LogP contribution in [0.1, 0.15) is 31.7 Å². The van der Waals surface area contributed by atoms with Crippen molar-refractivity contribution in [1.82, 2.24) is 30.0 Å². The number of carbonyl (C=O) groups is 1. The Hall–Kier alpha value is -3.72. The van der Waals surface area contributed by atoms with Crippen LogP contribution in [-0.2, 0) is 16.1 Å². The summed E-state index contributed by atoms with van der Waals surface area (Å²) < 4.78 is 7.57. The van der Waals surface area contributed by atoms with Crippen LogP contribution in [0.4, 0.5) is 5.82 Å². The monoisotopic (exact) mass is 445 g/mol. The zero-order valence-corrected chi connectivity index (χ0v) is 18.5. The fraction of sp³-hybridized carbons (Fsp3) is 0.333. The number of fused-ring (bicyclic) bond motifs is 1. The quantitative estimate of drug-likeness (QED) is 0.413. The van der Waals surface area contributed by atoms with Gasteiger partial charge in [0.25, 0.3) is 0 Å². The maximum Gasteiger partial charge on any atom is 0.222 e. The lowest BCUT2D eigenvalue weighted by molar-refractivity contribution is -0.122. The summed E-state index contributed by atoms with van der Waals surface area (Å²) in [5.41, 5.74) is 10.7.